The summed E-state index contributed by atoms with van der Waals surface area (Å²) in [6.07, 6.45) is 0.829. The van der Waals surface area contributed by atoms with Crippen molar-refractivity contribution >= 4 is 0 Å². The van der Waals surface area contributed by atoms with E-state index in [4.69, 9.17) is 10.2 Å². The molecule has 0 aromatic rings. The Morgan fingerprint density at radius 2 is 2.25 bits per heavy atom. The lowest BCUT2D eigenvalue weighted by Gasteiger charge is -1.98. The van der Waals surface area contributed by atoms with Crippen LogP contribution in [0.5, 0.6) is 0 Å². The summed E-state index contributed by atoms with van der Waals surface area (Å²) >= 11 is 0. The molecule has 0 spiro atoms. The van der Waals surface area contributed by atoms with Gasteiger partial charge in [-0.3, -0.25) is 0 Å². The average Bonchev–Trinajstić information content (AvgIpc) is 1.66. The first-order chi connectivity index (χ1) is 3.77. The third-order valence-electron chi connectivity index (χ3n) is 0.467. The van der Waals surface area contributed by atoms with Crippen molar-refractivity contribution in [1.82, 2.24) is 0 Å². The quantitative estimate of drug-likeness (QED) is 0.414. The molecule has 8 heavy (non-hydrogen) atoms. The highest BCUT2D eigenvalue weighted by molar-refractivity contribution is 4.65. The van der Waals surface area contributed by atoms with E-state index in [9.17, 15) is 0 Å². The van der Waals surface area contributed by atoms with Crippen LogP contribution in [0.15, 0.2) is 12.7 Å². The zero-order valence-corrected chi connectivity index (χ0v) is 4.50. The second-order valence-electron chi connectivity index (χ2n) is 1.22. The number of aliphatic hydroxyl groups is 2. The van der Waals surface area contributed by atoms with Gasteiger partial charge in [-0.05, 0) is 0 Å². The average molecular weight is 117 g/mol. The fraction of sp³-hybridized carbons (Fsp3) is 0.400. The molecule has 0 aromatic carbocycles. The molecule has 0 aliphatic heterocycles. The van der Waals surface area contributed by atoms with E-state index in [1.54, 1.807) is 0 Å². The van der Waals surface area contributed by atoms with Crippen LogP contribution in [0.25, 0.3) is 0 Å². The van der Waals surface area contributed by atoms with Crippen molar-refractivity contribution in [2.45, 2.75) is 0 Å². The zero-order chi connectivity index (χ0) is 6.41. The van der Waals surface area contributed by atoms with E-state index in [0.29, 0.717) is 6.61 Å². The van der Waals surface area contributed by atoms with E-state index >= 15 is 0 Å². The molecule has 0 aliphatic carbocycles. The number of aliphatic hydroxyl groups excluding tert-OH is 1. The van der Waals surface area contributed by atoms with Crippen molar-refractivity contribution in [2.24, 2.45) is 0 Å². The van der Waals surface area contributed by atoms with Crippen LogP contribution in [0.1, 0.15) is 0 Å². The summed E-state index contributed by atoms with van der Waals surface area (Å²) in [4.78, 5) is 0. The van der Waals surface area contributed by atoms with Crippen molar-refractivity contribution in [3.63, 3.8) is 0 Å². The third-order valence-corrected chi connectivity index (χ3v) is 0.467. The van der Waals surface area contributed by atoms with Gasteiger partial charge in [0.05, 0.1) is 6.61 Å². The van der Waals surface area contributed by atoms with Crippen LogP contribution < -0.4 is 0 Å². The number of hydrogen-bond acceptors (Lipinski definition) is 3. The minimum Gasteiger partial charge on any atom is -0.372 e. The van der Waals surface area contributed by atoms with Gasteiger partial charge in [0.2, 0.25) is 6.29 Å². The minimum atomic E-state index is -0.702. The maximum Gasteiger partial charge on any atom is 0.245 e. The summed E-state index contributed by atoms with van der Waals surface area (Å²) in [5.41, 5.74) is 0. The van der Waals surface area contributed by atoms with Gasteiger partial charge in [0.15, 0.2) is 0 Å². The summed E-state index contributed by atoms with van der Waals surface area (Å²) in [5, 5.41) is 16.2. The summed E-state index contributed by atoms with van der Waals surface area (Å²) < 4.78 is 4.59. The van der Waals surface area contributed by atoms with Crippen LogP contribution in [0.4, 0.5) is 0 Å². The van der Waals surface area contributed by atoms with Crippen molar-refractivity contribution in [3.8, 4) is 0 Å². The van der Waals surface area contributed by atoms with E-state index in [2.05, 4.69) is 11.3 Å². The Hall–Kier alpha value is -0.380. The molecule has 0 aromatic heterocycles. The summed E-state index contributed by atoms with van der Waals surface area (Å²) in [6.45, 7) is 3.57. The molecular weight excluding hydrogens is 108 g/mol. The molecule has 0 saturated carbocycles. The van der Waals surface area contributed by atoms with Gasteiger partial charge < -0.3 is 14.9 Å². The molecule has 2 N–H and O–H groups in total. The van der Waals surface area contributed by atoms with Gasteiger partial charge in [-0.1, -0.05) is 6.08 Å². The van der Waals surface area contributed by atoms with Gasteiger partial charge in [-0.15, -0.1) is 6.58 Å². The summed E-state index contributed by atoms with van der Waals surface area (Å²) in [7, 11) is 0. The van der Waals surface area contributed by atoms with E-state index in [0.717, 1.165) is 0 Å². The first-order valence-electron chi connectivity index (χ1n) is 2.19. The Labute approximate surface area is 48.2 Å². The molecule has 0 rings (SSSR count). The highest BCUT2D eigenvalue weighted by Crippen LogP contribution is 1.85. The molecule has 1 radical (unpaired) electrons. The zero-order valence-electron chi connectivity index (χ0n) is 4.50. The smallest absolute Gasteiger partial charge is 0.245 e. The number of ether oxygens (including phenoxy) is 1. The van der Waals surface area contributed by atoms with E-state index in [1.165, 1.54) is 6.08 Å². The van der Waals surface area contributed by atoms with Crippen molar-refractivity contribution in [2.75, 3.05) is 13.2 Å². The van der Waals surface area contributed by atoms with Crippen LogP contribution in [0.2, 0.25) is 0 Å². The van der Waals surface area contributed by atoms with Gasteiger partial charge >= 0.3 is 0 Å². The fourth-order valence-electron chi connectivity index (χ4n) is 0.234. The predicted octanol–water partition coefficient (Wildman–Crippen LogP) is 0.423. The first kappa shape index (κ1) is 7.62. The molecule has 0 heterocycles. The minimum absolute atomic E-state index is 0.133. The molecule has 0 saturated heterocycles. The second kappa shape index (κ2) is 4.77. The monoisotopic (exact) mass is 117 g/mol. The van der Waals surface area contributed by atoms with Crippen molar-refractivity contribution in [1.29, 1.82) is 0 Å². The van der Waals surface area contributed by atoms with Crippen LogP contribution in [-0.4, -0.2) is 23.4 Å². The van der Waals surface area contributed by atoms with E-state index in [1.807, 2.05) is 0 Å². The first-order valence-corrected chi connectivity index (χ1v) is 2.19. The Balaban J connectivity index is 2.81. The molecule has 0 atom stereocenters. The topological polar surface area (TPSA) is 49.7 Å². The van der Waals surface area contributed by atoms with Gasteiger partial charge in [-0.25, -0.2) is 0 Å². The van der Waals surface area contributed by atoms with Gasteiger partial charge in [0.25, 0.3) is 0 Å². The Bertz CT molecular complexity index is 60.7. The van der Waals surface area contributed by atoms with Crippen LogP contribution >= 0.6 is 0 Å². The third kappa shape index (κ3) is 5.62. The van der Waals surface area contributed by atoms with E-state index < -0.39 is 6.29 Å². The number of hydrogen-bond donors (Lipinski definition) is 2. The predicted molar refractivity (Wildman–Crippen MR) is 28.1 cm³/mol. The maximum atomic E-state index is 8.09. The van der Waals surface area contributed by atoms with Crippen LogP contribution in [0, 0.1) is 6.29 Å². The molecular formula is C5H9O3. The second-order valence-corrected chi connectivity index (χ2v) is 1.22. The lowest BCUT2D eigenvalue weighted by Crippen LogP contribution is -2.04. The van der Waals surface area contributed by atoms with E-state index in [-0.39, 0.29) is 6.61 Å². The highest BCUT2D eigenvalue weighted by atomic mass is 16.5. The van der Waals surface area contributed by atoms with Gasteiger partial charge in [0, 0.05) is 0 Å². The molecule has 47 valence electrons. The number of rotatable bonds is 4. The Kier molecular flexibility index (Phi) is 4.54. The molecule has 0 amide bonds. The molecule has 3 heteroatoms. The largest absolute Gasteiger partial charge is 0.372 e. The fourth-order valence-corrected chi connectivity index (χ4v) is 0.234. The molecule has 0 bridgehead atoms. The highest BCUT2D eigenvalue weighted by Gasteiger charge is 1.95. The normalized spacial score (nSPS) is 9.88. The lowest BCUT2D eigenvalue weighted by molar-refractivity contribution is 0.00613. The maximum absolute atomic E-state index is 8.09. The van der Waals surface area contributed by atoms with Crippen LogP contribution in [0.3, 0.4) is 0 Å². The molecule has 0 unspecified atom stereocenters. The summed E-state index contributed by atoms with van der Waals surface area (Å²) in [5.74, 6) is 0. The summed E-state index contributed by atoms with van der Waals surface area (Å²) in [6, 6.07) is 0. The van der Waals surface area contributed by atoms with Gasteiger partial charge in [0.1, 0.15) is 6.61 Å². The SMILES string of the molecule is C=CCOC[C](O)O. The Morgan fingerprint density at radius 1 is 1.62 bits per heavy atom. The van der Waals surface area contributed by atoms with Gasteiger partial charge in [-0.2, -0.15) is 0 Å². The standard InChI is InChI=1S/C5H9O3/c1-2-3-8-4-5(6)7/h2,6-7H,1,3-4H2. The van der Waals surface area contributed by atoms with Crippen molar-refractivity contribution in [3.05, 3.63) is 18.9 Å². The van der Waals surface area contributed by atoms with Crippen LogP contribution in [-0.2, 0) is 4.74 Å². The molecule has 3 nitrogen and oxygen atoms in total. The lowest BCUT2D eigenvalue weighted by atomic mass is 10.6. The van der Waals surface area contributed by atoms with Crippen molar-refractivity contribution < 1.29 is 14.9 Å². The molecule has 0 fully saturated rings. The molecule has 0 aliphatic rings. The Morgan fingerprint density at radius 3 is 2.62 bits per heavy atom.